The Labute approximate surface area is 74.9 Å². The van der Waals surface area contributed by atoms with Gasteiger partial charge in [0, 0.05) is 12.0 Å². The predicted octanol–water partition coefficient (Wildman–Crippen LogP) is 1.82. The summed E-state index contributed by atoms with van der Waals surface area (Å²) in [5.74, 6) is 0.745. The van der Waals surface area contributed by atoms with E-state index in [1.165, 1.54) is 0 Å². The van der Waals surface area contributed by atoms with Crippen molar-refractivity contribution in [3.8, 4) is 0 Å². The van der Waals surface area contributed by atoms with Crippen molar-refractivity contribution in [1.29, 1.82) is 0 Å². The van der Waals surface area contributed by atoms with Crippen molar-refractivity contribution in [1.82, 2.24) is 0 Å². The van der Waals surface area contributed by atoms with Gasteiger partial charge in [-0.05, 0) is 18.8 Å². The molecule has 0 saturated carbocycles. The molecule has 2 unspecified atom stereocenters. The number of hydrogen-bond acceptors (Lipinski definition) is 2. The molecule has 1 aliphatic heterocycles. The lowest BCUT2D eigenvalue weighted by atomic mass is 9.80. The SMILES string of the molecule is CC1CCOC(C(C)(C)CO)C1. The van der Waals surface area contributed by atoms with E-state index in [0.29, 0.717) is 0 Å². The standard InChI is InChI=1S/C10H20O2/c1-8-4-5-12-9(6-8)10(2,3)7-11/h8-9,11H,4-7H2,1-3H3. The van der Waals surface area contributed by atoms with Crippen LogP contribution in [0.5, 0.6) is 0 Å². The molecule has 2 heteroatoms. The van der Waals surface area contributed by atoms with Crippen LogP contribution < -0.4 is 0 Å². The van der Waals surface area contributed by atoms with Crippen LogP contribution in [0.25, 0.3) is 0 Å². The first-order valence-corrected chi connectivity index (χ1v) is 4.78. The van der Waals surface area contributed by atoms with E-state index in [9.17, 15) is 0 Å². The maximum Gasteiger partial charge on any atom is 0.0650 e. The third-order valence-corrected chi connectivity index (χ3v) is 2.83. The van der Waals surface area contributed by atoms with Crippen molar-refractivity contribution >= 4 is 0 Å². The number of hydrogen-bond donors (Lipinski definition) is 1. The quantitative estimate of drug-likeness (QED) is 0.688. The smallest absolute Gasteiger partial charge is 0.0650 e. The van der Waals surface area contributed by atoms with Crippen LogP contribution in [0.1, 0.15) is 33.6 Å². The van der Waals surface area contributed by atoms with Gasteiger partial charge in [-0.25, -0.2) is 0 Å². The fraction of sp³-hybridized carbons (Fsp3) is 1.00. The fourth-order valence-corrected chi connectivity index (χ4v) is 1.61. The van der Waals surface area contributed by atoms with Crippen LogP contribution in [0.4, 0.5) is 0 Å². The summed E-state index contributed by atoms with van der Waals surface area (Å²) in [5.41, 5.74) is -0.0747. The minimum absolute atomic E-state index is 0.0747. The van der Waals surface area contributed by atoms with E-state index in [-0.39, 0.29) is 18.1 Å². The molecule has 0 radical (unpaired) electrons. The Morgan fingerprint density at radius 3 is 2.67 bits per heavy atom. The van der Waals surface area contributed by atoms with Gasteiger partial charge in [-0.1, -0.05) is 20.8 Å². The maximum atomic E-state index is 9.15. The Balaban J connectivity index is 2.50. The molecule has 1 N–H and O–H groups in total. The molecular formula is C10H20O2. The number of rotatable bonds is 2. The molecule has 0 bridgehead atoms. The molecule has 1 saturated heterocycles. The van der Waals surface area contributed by atoms with E-state index in [0.717, 1.165) is 25.4 Å². The topological polar surface area (TPSA) is 29.5 Å². The number of aliphatic hydroxyl groups is 1. The summed E-state index contributed by atoms with van der Waals surface area (Å²) in [5, 5.41) is 9.15. The van der Waals surface area contributed by atoms with Gasteiger partial charge in [-0.2, -0.15) is 0 Å². The second-order valence-electron chi connectivity index (χ2n) is 4.64. The van der Waals surface area contributed by atoms with E-state index in [2.05, 4.69) is 20.8 Å². The van der Waals surface area contributed by atoms with Gasteiger partial charge >= 0.3 is 0 Å². The summed E-state index contributed by atoms with van der Waals surface area (Å²) in [6.45, 7) is 7.45. The first-order valence-electron chi connectivity index (χ1n) is 4.78. The van der Waals surface area contributed by atoms with Crippen molar-refractivity contribution in [2.75, 3.05) is 13.2 Å². The fourth-order valence-electron chi connectivity index (χ4n) is 1.61. The normalized spacial score (nSPS) is 32.0. The van der Waals surface area contributed by atoms with Crippen LogP contribution in [0.2, 0.25) is 0 Å². The van der Waals surface area contributed by atoms with Crippen molar-refractivity contribution in [2.45, 2.75) is 39.7 Å². The third-order valence-electron chi connectivity index (χ3n) is 2.83. The third kappa shape index (κ3) is 2.20. The summed E-state index contributed by atoms with van der Waals surface area (Å²) >= 11 is 0. The Morgan fingerprint density at radius 2 is 2.17 bits per heavy atom. The molecule has 0 amide bonds. The second-order valence-corrected chi connectivity index (χ2v) is 4.64. The van der Waals surface area contributed by atoms with Crippen LogP contribution in [0, 0.1) is 11.3 Å². The molecule has 0 aromatic rings. The lowest BCUT2D eigenvalue weighted by molar-refractivity contribution is -0.0866. The van der Waals surface area contributed by atoms with Gasteiger partial charge in [0.15, 0.2) is 0 Å². The van der Waals surface area contributed by atoms with Gasteiger partial charge in [0.25, 0.3) is 0 Å². The van der Waals surface area contributed by atoms with Crippen molar-refractivity contribution in [2.24, 2.45) is 11.3 Å². The zero-order valence-corrected chi connectivity index (χ0v) is 8.34. The van der Waals surface area contributed by atoms with E-state index in [4.69, 9.17) is 9.84 Å². The van der Waals surface area contributed by atoms with Crippen molar-refractivity contribution < 1.29 is 9.84 Å². The first kappa shape index (κ1) is 10.0. The molecule has 12 heavy (non-hydrogen) atoms. The molecule has 0 aromatic heterocycles. The molecule has 2 nitrogen and oxygen atoms in total. The summed E-state index contributed by atoms with van der Waals surface area (Å²) < 4.78 is 5.64. The molecule has 1 aliphatic rings. The average molecular weight is 172 g/mol. The maximum absolute atomic E-state index is 9.15. The summed E-state index contributed by atoms with van der Waals surface area (Å²) in [4.78, 5) is 0. The zero-order chi connectivity index (χ0) is 9.19. The second kappa shape index (κ2) is 3.75. The highest BCUT2D eigenvalue weighted by molar-refractivity contribution is 4.82. The van der Waals surface area contributed by atoms with Crippen molar-refractivity contribution in [3.05, 3.63) is 0 Å². The molecule has 1 rings (SSSR count). The minimum atomic E-state index is -0.0747. The van der Waals surface area contributed by atoms with Gasteiger partial charge in [0.2, 0.25) is 0 Å². The predicted molar refractivity (Wildman–Crippen MR) is 49.0 cm³/mol. The number of ether oxygens (including phenoxy) is 1. The van der Waals surface area contributed by atoms with Crippen LogP contribution >= 0.6 is 0 Å². The van der Waals surface area contributed by atoms with Gasteiger partial charge in [-0.3, -0.25) is 0 Å². The molecular weight excluding hydrogens is 152 g/mol. The summed E-state index contributed by atoms with van der Waals surface area (Å²) in [6, 6.07) is 0. The largest absolute Gasteiger partial charge is 0.396 e. The van der Waals surface area contributed by atoms with Crippen LogP contribution in [-0.2, 0) is 4.74 Å². The molecule has 2 atom stereocenters. The van der Waals surface area contributed by atoms with Crippen LogP contribution in [0.3, 0.4) is 0 Å². The highest BCUT2D eigenvalue weighted by Gasteiger charge is 2.33. The Bertz CT molecular complexity index is 143. The van der Waals surface area contributed by atoms with E-state index < -0.39 is 0 Å². The van der Waals surface area contributed by atoms with Gasteiger partial charge in [-0.15, -0.1) is 0 Å². The van der Waals surface area contributed by atoms with Crippen molar-refractivity contribution in [3.63, 3.8) is 0 Å². The minimum Gasteiger partial charge on any atom is -0.396 e. The van der Waals surface area contributed by atoms with E-state index in [1.807, 2.05) is 0 Å². The Kier molecular flexibility index (Phi) is 3.13. The molecule has 72 valence electrons. The monoisotopic (exact) mass is 172 g/mol. The van der Waals surface area contributed by atoms with E-state index in [1.54, 1.807) is 0 Å². The molecule has 0 aromatic carbocycles. The Hall–Kier alpha value is -0.0800. The highest BCUT2D eigenvalue weighted by atomic mass is 16.5. The number of aliphatic hydroxyl groups excluding tert-OH is 1. The van der Waals surface area contributed by atoms with Gasteiger partial charge < -0.3 is 9.84 Å². The highest BCUT2D eigenvalue weighted by Crippen LogP contribution is 2.32. The van der Waals surface area contributed by atoms with Gasteiger partial charge in [0.1, 0.15) is 0 Å². The van der Waals surface area contributed by atoms with Crippen LogP contribution in [-0.4, -0.2) is 24.4 Å². The lowest BCUT2D eigenvalue weighted by Gasteiger charge is -2.37. The summed E-state index contributed by atoms with van der Waals surface area (Å²) in [6.07, 6.45) is 2.50. The first-order chi connectivity index (χ1) is 5.56. The molecule has 1 fully saturated rings. The van der Waals surface area contributed by atoms with Crippen LogP contribution in [0.15, 0.2) is 0 Å². The van der Waals surface area contributed by atoms with E-state index >= 15 is 0 Å². The molecule has 0 spiro atoms. The lowest BCUT2D eigenvalue weighted by Crippen LogP contribution is -2.39. The van der Waals surface area contributed by atoms with Gasteiger partial charge in [0.05, 0.1) is 12.7 Å². The average Bonchev–Trinajstić information content (AvgIpc) is 2.05. The zero-order valence-electron chi connectivity index (χ0n) is 8.34. The Morgan fingerprint density at radius 1 is 1.50 bits per heavy atom. The molecule has 1 heterocycles. The molecule has 0 aliphatic carbocycles. The summed E-state index contributed by atoms with van der Waals surface area (Å²) in [7, 11) is 0.